The standard InChI is InChI=1S/C27H34N2O4/c1-4-14-27(15-9-16-29(2,3)18-27)24(25(30)31)28-26(32)33-17-23-21-12-7-5-10-19(21)20-11-6-8-13-22(20)23/h5-8,10-13,23-24H,4,9,14-18H2,1-3H3,(H-,28,30,31,32)/p+1/t24-,27-/m0/s1. The van der Waals surface area contributed by atoms with Gasteiger partial charge in [-0.3, -0.25) is 0 Å². The zero-order chi connectivity index (χ0) is 23.6. The number of carboxylic acid groups (broad SMARTS) is 1. The van der Waals surface area contributed by atoms with Gasteiger partial charge < -0.3 is 19.6 Å². The number of hydrogen-bond donors (Lipinski definition) is 2. The van der Waals surface area contributed by atoms with Crippen LogP contribution in [0.25, 0.3) is 11.1 Å². The number of nitrogens with one attached hydrogen (secondary N) is 1. The van der Waals surface area contributed by atoms with Crippen LogP contribution in [0, 0.1) is 5.41 Å². The Bertz CT molecular complexity index is 985. The van der Waals surface area contributed by atoms with E-state index in [0.717, 1.165) is 65.5 Å². The molecule has 1 fully saturated rings. The number of carbonyl (C=O) groups is 2. The first kappa shape index (κ1) is 23.3. The van der Waals surface area contributed by atoms with Gasteiger partial charge in [-0.25, -0.2) is 9.59 Å². The summed E-state index contributed by atoms with van der Waals surface area (Å²) in [5, 5.41) is 12.9. The third-order valence-corrected chi connectivity index (χ3v) is 7.39. The van der Waals surface area contributed by atoms with Crippen molar-refractivity contribution in [2.45, 2.75) is 44.6 Å². The molecule has 6 nitrogen and oxygen atoms in total. The van der Waals surface area contributed by atoms with Gasteiger partial charge in [0, 0.05) is 5.92 Å². The zero-order valence-electron chi connectivity index (χ0n) is 19.8. The molecule has 1 aliphatic heterocycles. The molecule has 33 heavy (non-hydrogen) atoms. The van der Waals surface area contributed by atoms with Gasteiger partial charge in [-0.2, -0.15) is 0 Å². The Morgan fingerprint density at radius 2 is 1.73 bits per heavy atom. The molecule has 0 aromatic heterocycles. The third-order valence-electron chi connectivity index (χ3n) is 7.39. The van der Waals surface area contributed by atoms with Gasteiger partial charge in [0.15, 0.2) is 0 Å². The van der Waals surface area contributed by atoms with Crippen LogP contribution in [0.15, 0.2) is 48.5 Å². The van der Waals surface area contributed by atoms with E-state index in [4.69, 9.17) is 4.74 Å². The fourth-order valence-corrected chi connectivity index (χ4v) is 6.19. The van der Waals surface area contributed by atoms with E-state index < -0.39 is 23.5 Å². The SMILES string of the molecule is CCC[C@]1([C@@H](NC(=O)OCC2c3ccccc3-c3ccccc32)C(=O)O)CCC[N+](C)(C)C1. The van der Waals surface area contributed by atoms with Crippen molar-refractivity contribution in [2.75, 3.05) is 33.8 Å². The summed E-state index contributed by atoms with van der Waals surface area (Å²) in [5.74, 6) is -1.04. The van der Waals surface area contributed by atoms with Gasteiger partial charge >= 0.3 is 12.1 Å². The second-order valence-corrected chi connectivity index (χ2v) is 10.3. The van der Waals surface area contributed by atoms with Crippen molar-refractivity contribution in [3.63, 3.8) is 0 Å². The molecule has 6 heteroatoms. The molecule has 0 saturated carbocycles. The second kappa shape index (κ2) is 9.18. The van der Waals surface area contributed by atoms with Crippen LogP contribution in [-0.4, -0.2) is 61.5 Å². The summed E-state index contributed by atoms with van der Waals surface area (Å²) >= 11 is 0. The molecule has 0 radical (unpaired) electrons. The molecule has 1 heterocycles. The minimum Gasteiger partial charge on any atom is -0.480 e. The normalized spacial score (nSPS) is 22.2. The maximum atomic E-state index is 12.9. The molecule has 1 amide bonds. The van der Waals surface area contributed by atoms with Crippen LogP contribution in [0.1, 0.15) is 49.7 Å². The molecular weight excluding hydrogens is 416 g/mol. The van der Waals surface area contributed by atoms with Gasteiger partial charge in [-0.15, -0.1) is 0 Å². The number of carboxylic acids is 1. The van der Waals surface area contributed by atoms with E-state index >= 15 is 0 Å². The van der Waals surface area contributed by atoms with Gasteiger partial charge in [-0.1, -0.05) is 61.9 Å². The maximum absolute atomic E-state index is 12.9. The van der Waals surface area contributed by atoms with Crippen LogP contribution < -0.4 is 5.32 Å². The Labute approximate surface area is 196 Å². The van der Waals surface area contributed by atoms with Crippen molar-refractivity contribution in [2.24, 2.45) is 5.41 Å². The Morgan fingerprint density at radius 1 is 1.12 bits per heavy atom. The van der Waals surface area contributed by atoms with Gasteiger partial charge in [0.25, 0.3) is 0 Å². The van der Waals surface area contributed by atoms with E-state index in [1.54, 1.807) is 0 Å². The van der Waals surface area contributed by atoms with Gasteiger partial charge in [0.1, 0.15) is 12.6 Å². The topological polar surface area (TPSA) is 75.6 Å². The number of amides is 1. The molecule has 1 aliphatic carbocycles. The second-order valence-electron chi connectivity index (χ2n) is 10.3. The van der Waals surface area contributed by atoms with Gasteiger partial charge in [-0.05, 0) is 41.5 Å². The first-order valence-corrected chi connectivity index (χ1v) is 11.9. The summed E-state index contributed by atoms with van der Waals surface area (Å²) in [7, 11) is 4.27. The summed E-state index contributed by atoms with van der Waals surface area (Å²) < 4.78 is 6.43. The summed E-state index contributed by atoms with van der Waals surface area (Å²) in [6.07, 6.45) is 2.72. The molecule has 1 saturated heterocycles. The van der Waals surface area contributed by atoms with Crippen molar-refractivity contribution >= 4 is 12.1 Å². The quantitative estimate of drug-likeness (QED) is 0.602. The Hall–Kier alpha value is -2.86. The molecule has 0 spiro atoms. The predicted molar refractivity (Wildman–Crippen MR) is 128 cm³/mol. The molecule has 2 aromatic carbocycles. The Morgan fingerprint density at radius 3 is 2.27 bits per heavy atom. The van der Waals surface area contributed by atoms with Crippen LogP contribution in [0.5, 0.6) is 0 Å². The van der Waals surface area contributed by atoms with Crippen LogP contribution in [0.4, 0.5) is 4.79 Å². The first-order chi connectivity index (χ1) is 15.8. The fraction of sp³-hybridized carbons (Fsp3) is 0.481. The summed E-state index contributed by atoms with van der Waals surface area (Å²) in [4.78, 5) is 25.2. The lowest BCUT2D eigenvalue weighted by Crippen LogP contribution is -2.62. The zero-order valence-corrected chi connectivity index (χ0v) is 19.8. The predicted octanol–water partition coefficient (Wildman–Crippen LogP) is 4.64. The van der Waals surface area contributed by atoms with E-state index in [1.807, 2.05) is 24.3 Å². The van der Waals surface area contributed by atoms with Crippen LogP contribution in [-0.2, 0) is 9.53 Å². The van der Waals surface area contributed by atoms with E-state index in [0.29, 0.717) is 0 Å². The average molecular weight is 452 g/mol. The Balaban J connectivity index is 1.50. The van der Waals surface area contributed by atoms with Crippen molar-refractivity contribution in [3.05, 3.63) is 59.7 Å². The Kier molecular flexibility index (Phi) is 6.48. The number of piperidine rings is 1. The minimum absolute atomic E-state index is 0.0543. The maximum Gasteiger partial charge on any atom is 0.407 e. The minimum atomic E-state index is -0.987. The summed E-state index contributed by atoms with van der Waals surface area (Å²) in [6.45, 7) is 3.99. The molecule has 4 rings (SSSR count). The summed E-state index contributed by atoms with van der Waals surface area (Å²) in [6, 6.07) is 15.4. The highest BCUT2D eigenvalue weighted by atomic mass is 16.5. The number of benzene rings is 2. The lowest BCUT2D eigenvalue weighted by Gasteiger charge is -2.48. The molecule has 2 atom stereocenters. The molecule has 0 unspecified atom stereocenters. The smallest absolute Gasteiger partial charge is 0.407 e. The number of quaternary nitrogens is 1. The van der Waals surface area contributed by atoms with Gasteiger partial charge in [0.2, 0.25) is 0 Å². The average Bonchev–Trinajstić information content (AvgIpc) is 3.09. The molecule has 2 aliphatic rings. The molecule has 176 valence electrons. The van der Waals surface area contributed by atoms with Crippen molar-refractivity contribution in [3.8, 4) is 11.1 Å². The number of hydrogen-bond acceptors (Lipinski definition) is 3. The van der Waals surface area contributed by atoms with Crippen LogP contribution in [0.3, 0.4) is 0 Å². The lowest BCUT2D eigenvalue weighted by atomic mass is 9.70. The number of fused-ring (bicyclic) bond motifs is 3. The number of rotatable bonds is 7. The largest absolute Gasteiger partial charge is 0.480 e. The number of carbonyl (C=O) groups excluding carboxylic acids is 1. The van der Waals surface area contributed by atoms with Gasteiger partial charge in [0.05, 0.1) is 32.6 Å². The molecule has 0 bridgehead atoms. The fourth-order valence-electron chi connectivity index (χ4n) is 6.19. The van der Waals surface area contributed by atoms with E-state index in [2.05, 4.69) is 50.6 Å². The number of aliphatic carboxylic acids is 1. The van der Waals surface area contributed by atoms with Crippen LogP contribution in [0.2, 0.25) is 0 Å². The van der Waals surface area contributed by atoms with Crippen LogP contribution >= 0.6 is 0 Å². The highest BCUT2D eigenvalue weighted by Gasteiger charge is 2.50. The van der Waals surface area contributed by atoms with Crippen molar-refractivity contribution in [1.82, 2.24) is 5.32 Å². The third kappa shape index (κ3) is 4.62. The number of alkyl carbamates (subject to hydrolysis) is 1. The first-order valence-electron chi connectivity index (χ1n) is 11.9. The number of nitrogens with zero attached hydrogens (tertiary/aromatic N) is 1. The lowest BCUT2D eigenvalue weighted by molar-refractivity contribution is -0.903. The van der Waals surface area contributed by atoms with E-state index in [1.165, 1.54) is 0 Å². The molecule has 2 aromatic rings. The number of ether oxygens (including phenoxy) is 1. The highest BCUT2D eigenvalue weighted by Crippen LogP contribution is 2.44. The monoisotopic (exact) mass is 451 g/mol. The van der Waals surface area contributed by atoms with E-state index in [9.17, 15) is 14.7 Å². The van der Waals surface area contributed by atoms with Crippen molar-refractivity contribution in [1.29, 1.82) is 0 Å². The van der Waals surface area contributed by atoms with Crippen molar-refractivity contribution < 1.29 is 23.9 Å². The number of likely N-dealkylation sites (tertiary alicyclic amines) is 1. The molecule has 2 N–H and O–H groups in total. The highest BCUT2D eigenvalue weighted by molar-refractivity contribution is 5.81. The van der Waals surface area contributed by atoms with E-state index in [-0.39, 0.29) is 12.5 Å². The summed E-state index contributed by atoms with van der Waals surface area (Å²) in [5.41, 5.74) is 4.11. The molecular formula is C27H35N2O4+.